The molecule has 6 heteroatoms. The van der Waals surface area contributed by atoms with E-state index < -0.39 is 0 Å². The molecular formula is C17H22N4O2. The summed E-state index contributed by atoms with van der Waals surface area (Å²) in [5, 5.41) is 8.38. The summed E-state index contributed by atoms with van der Waals surface area (Å²) in [5.74, 6) is 2.96. The Balaban J connectivity index is 1.31. The van der Waals surface area contributed by atoms with Crippen molar-refractivity contribution >= 4 is 5.91 Å². The van der Waals surface area contributed by atoms with E-state index >= 15 is 0 Å². The van der Waals surface area contributed by atoms with Gasteiger partial charge in [-0.15, -0.1) is 10.2 Å². The topological polar surface area (TPSA) is 64.2 Å². The first-order chi connectivity index (χ1) is 11.3. The van der Waals surface area contributed by atoms with Gasteiger partial charge >= 0.3 is 0 Å². The predicted molar refractivity (Wildman–Crippen MR) is 83.8 cm³/mol. The Kier molecular flexibility index (Phi) is 3.89. The maximum absolute atomic E-state index is 12.3. The van der Waals surface area contributed by atoms with Crippen LogP contribution in [0.4, 0.5) is 0 Å². The lowest BCUT2D eigenvalue weighted by Crippen LogP contribution is -2.38. The number of furan rings is 1. The van der Waals surface area contributed by atoms with Crippen molar-refractivity contribution in [2.75, 3.05) is 13.1 Å². The van der Waals surface area contributed by atoms with E-state index in [1.165, 1.54) is 12.8 Å². The number of aromatic nitrogens is 3. The number of carbonyl (C=O) groups is 1. The lowest BCUT2D eigenvalue weighted by Gasteiger charge is -2.31. The molecule has 1 aliphatic carbocycles. The smallest absolute Gasteiger partial charge is 0.289 e. The molecule has 0 bridgehead atoms. The summed E-state index contributed by atoms with van der Waals surface area (Å²) in [4.78, 5) is 14.2. The molecule has 2 aromatic heterocycles. The number of rotatable bonds is 5. The summed E-state index contributed by atoms with van der Waals surface area (Å²) in [6, 6.07) is 3.49. The van der Waals surface area contributed by atoms with Gasteiger partial charge in [0.25, 0.3) is 5.91 Å². The number of hydrogen-bond acceptors (Lipinski definition) is 4. The number of hydrogen-bond donors (Lipinski definition) is 0. The normalized spacial score (nSPS) is 19.2. The molecule has 122 valence electrons. The first-order valence-corrected chi connectivity index (χ1v) is 8.49. The van der Waals surface area contributed by atoms with E-state index in [9.17, 15) is 4.79 Å². The summed E-state index contributed by atoms with van der Waals surface area (Å²) >= 11 is 0. The molecule has 6 nitrogen and oxygen atoms in total. The molecule has 0 N–H and O–H groups in total. The van der Waals surface area contributed by atoms with Crippen LogP contribution >= 0.6 is 0 Å². The van der Waals surface area contributed by atoms with E-state index in [1.807, 2.05) is 11.2 Å². The average molecular weight is 314 g/mol. The number of nitrogens with zero attached hydrogens (tertiary/aromatic N) is 4. The van der Waals surface area contributed by atoms with Gasteiger partial charge in [-0.05, 0) is 49.7 Å². The molecule has 0 atom stereocenters. The van der Waals surface area contributed by atoms with Gasteiger partial charge < -0.3 is 13.9 Å². The van der Waals surface area contributed by atoms with Crippen LogP contribution in [0.3, 0.4) is 0 Å². The second-order valence-corrected chi connectivity index (χ2v) is 6.76. The lowest BCUT2D eigenvalue weighted by molar-refractivity contribution is 0.0657. The van der Waals surface area contributed by atoms with Crippen LogP contribution in [0, 0.1) is 11.8 Å². The summed E-state index contributed by atoms with van der Waals surface area (Å²) in [5.41, 5.74) is 0. The number of likely N-dealkylation sites (tertiary alicyclic amines) is 1. The van der Waals surface area contributed by atoms with Gasteiger partial charge in [0.1, 0.15) is 12.2 Å². The van der Waals surface area contributed by atoms with Gasteiger partial charge in [-0.1, -0.05) is 0 Å². The minimum atomic E-state index is 0.00495. The van der Waals surface area contributed by atoms with Crippen molar-refractivity contribution < 1.29 is 9.21 Å². The third kappa shape index (κ3) is 3.30. The fourth-order valence-electron chi connectivity index (χ4n) is 3.32. The highest BCUT2D eigenvalue weighted by atomic mass is 16.3. The van der Waals surface area contributed by atoms with Crippen LogP contribution in [0.25, 0.3) is 0 Å². The molecule has 1 aliphatic heterocycles. The second-order valence-electron chi connectivity index (χ2n) is 6.76. The largest absolute Gasteiger partial charge is 0.459 e. The van der Waals surface area contributed by atoms with Gasteiger partial charge in [-0.2, -0.15) is 0 Å². The average Bonchev–Trinajstić information content (AvgIpc) is 3.04. The van der Waals surface area contributed by atoms with Gasteiger partial charge in [0.05, 0.1) is 6.26 Å². The summed E-state index contributed by atoms with van der Waals surface area (Å²) in [6.07, 6.45) is 9.09. The molecule has 1 saturated carbocycles. The van der Waals surface area contributed by atoms with Crippen LogP contribution in [-0.2, 0) is 13.0 Å². The first-order valence-electron chi connectivity index (χ1n) is 8.49. The zero-order valence-corrected chi connectivity index (χ0v) is 13.2. The van der Waals surface area contributed by atoms with Gasteiger partial charge in [-0.3, -0.25) is 4.79 Å². The van der Waals surface area contributed by atoms with E-state index in [2.05, 4.69) is 14.8 Å². The van der Waals surface area contributed by atoms with Crippen LogP contribution in [0.15, 0.2) is 29.1 Å². The van der Waals surface area contributed by atoms with E-state index in [0.29, 0.717) is 11.7 Å². The molecule has 0 radical (unpaired) electrons. The maximum Gasteiger partial charge on any atom is 0.289 e. The Labute approximate surface area is 135 Å². The third-order valence-electron chi connectivity index (χ3n) is 4.95. The highest BCUT2D eigenvalue weighted by molar-refractivity contribution is 5.91. The Morgan fingerprint density at radius 3 is 2.74 bits per heavy atom. The highest BCUT2D eigenvalue weighted by Crippen LogP contribution is 2.31. The zero-order valence-electron chi connectivity index (χ0n) is 13.2. The Bertz CT molecular complexity index is 652. The van der Waals surface area contributed by atoms with Crippen LogP contribution < -0.4 is 0 Å². The number of piperidine rings is 1. The highest BCUT2D eigenvalue weighted by Gasteiger charge is 2.27. The minimum Gasteiger partial charge on any atom is -0.459 e. The molecule has 1 saturated heterocycles. The van der Waals surface area contributed by atoms with Crippen LogP contribution in [0.2, 0.25) is 0 Å². The maximum atomic E-state index is 12.3. The molecule has 2 aliphatic rings. The molecule has 2 fully saturated rings. The van der Waals surface area contributed by atoms with Crippen molar-refractivity contribution in [2.45, 2.75) is 38.6 Å². The lowest BCUT2D eigenvalue weighted by atomic mass is 9.93. The van der Waals surface area contributed by atoms with Crippen molar-refractivity contribution in [1.29, 1.82) is 0 Å². The van der Waals surface area contributed by atoms with Crippen molar-refractivity contribution in [1.82, 2.24) is 19.7 Å². The van der Waals surface area contributed by atoms with E-state index in [1.54, 1.807) is 18.4 Å². The fraction of sp³-hybridized carbons (Fsp3) is 0.588. The van der Waals surface area contributed by atoms with Gasteiger partial charge in [-0.25, -0.2) is 0 Å². The molecule has 4 rings (SSSR count). The molecule has 23 heavy (non-hydrogen) atoms. The zero-order chi connectivity index (χ0) is 15.6. The summed E-state index contributed by atoms with van der Waals surface area (Å²) in [6.45, 7) is 2.65. The third-order valence-corrected chi connectivity index (χ3v) is 4.95. The SMILES string of the molecule is O=C(c1ccco1)N1CCC(Cc2nncn2CC2CC2)CC1. The first kappa shape index (κ1) is 14.5. The molecule has 0 unspecified atom stereocenters. The van der Waals surface area contributed by atoms with Gasteiger partial charge in [0, 0.05) is 26.1 Å². The van der Waals surface area contributed by atoms with E-state index in [0.717, 1.165) is 50.6 Å². The Hall–Kier alpha value is -2.11. The number of amides is 1. The van der Waals surface area contributed by atoms with Gasteiger partial charge in [0.15, 0.2) is 5.76 Å². The van der Waals surface area contributed by atoms with Crippen LogP contribution in [0.5, 0.6) is 0 Å². The number of carbonyl (C=O) groups excluding carboxylic acids is 1. The Morgan fingerprint density at radius 1 is 1.22 bits per heavy atom. The quantitative estimate of drug-likeness (QED) is 0.850. The summed E-state index contributed by atoms with van der Waals surface area (Å²) in [7, 11) is 0. The predicted octanol–water partition coefficient (Wildman–Crippen LogP) is 2.38. The standard InChI is InChI=1S/C17H22N4O2/c22-17(15-2-1-9-23-15)20-7-5-13(6-8-20)10-16-19-18-12-21(16)11-14-3-4-14/h1-2,9,12-14H,3-8,10-11H2. The van der Waals surface area contributed by atoms with Crippen LogP contribution in [-0.4, -0.2) is 38.7 Å². The Morgan fingerprint density at radius 2 is 2.04 bits per heavy atom. The molecule has 0 aromatic carbocycles. The second kappa shape index (κ2) is 6.18. The van der Waals surface area contributed by atoms with E-state index in [-0.39, 0.29) is 5.91 Å². The van der Waals surface area contributed by atoms with Crippen molar-refractivity contribution in [3.63, 3.8) is 0 Å². The molecule has 0 spiro atoms. The van der Waals surface area contributed by atoms with Crippen LogP contribution in [0.1, 0.15) is 42.1 Å². The monoisotopic (exact) mass is 314 g/mol. The molecule has 1 amide bonds. The van der Waals surface area contributed by atoms with Crippen molar-refractivity contribution in [3.05, 3.63) is 36.3 Å². The molecule has 3 heterocycles. The minimum absolute atomic E-state index is 0.00495. The summed E-state index contributed by atoms with van der Waals surface area (Å²) < 4.78 is 7.43. The van der Waals surface area contributed by atoms with Crippen molar-refractivity contribution in [3.8, 4) is 0 Å². The van der Waals surface area contributed by atoms with Crippen molar-refractivity contribution in [2.24, 2.45) is 11.8 Å². The van der Waals surface area contributed by atoms with E-state index in [4.69, 9.17) is 4.42 Å². The fourth-order valence-corrected chi connectivity index (χ4v) is 3.32. The van der Waals surface area contributed by atoms with Gasteiger partial charge in [0.2, 0.25) is 0 Å². The molecule has 2 aromatic rings. The molecular weight excluding hydrogens is 292 g/mol.